The number of rotatable bonds is 4. The van der Waals surface area contributed by atoms with Gasteiger partial charge in [0, 0.05) is 13.0 Å². The van der Waals surface area contributed by atoms with Gasteiger partial charge in [-0.2, -0.15) is 0 Å². The van der Waals surface area contributed by atoms with Gasteiger partial charge in [0.25, 0.3) is 0 Å². The normalized spacial score (nSPS) is 18.1. The quantitative estimate of drug-likeness (QED) is 0.636. The fraction of sp³-hybridized carbons (Fsp3) is 0.600. The summed E-state index contributed by atoms with van der Waals surface area (Å²) in [6.07, 6.45) is 5.18. The number of amides is 2. The third kappa shape index (κ3) is 2.13. The molecule has 0 saturated heterocycles. The molecule has 4 heteroatoms. The number of hydrogen-bond acceptors (Lipinski definition) is 2. The molecule has 4 nitrogen and oxygen atoms in total. The van der Waals surface area contributed by atoms with E-state index in [1.165, 1.54) is 0 Å². The van der Waals surface area contributed by atoms with Gasteiger partial charge in [-0.1, -0.05) is 12.2 Å². The topological polar surface area (TPSA) is 72.2 Å². The van der Waals surface area contributed by atoms with E-state index in [0.717, 1.165) is 0 Å². The van der Waals surface area contributed by atoms with E-state index in [1.54, 1.807) is 0 Å². The van der Waals surface area contributed by atoms with E-state index in [0.29, 0.717) is 19.4 Å². The van der Waals surface area contributed by atoms with Crippen LogP contribution in [0.2, 0.25) is 0 Å². The third-order valence-corrected chi connectivity index (χ3v) is 2.58. The van der Waals surface area contributed by atoms with Gasteiger partial charge < -0.3 is 11.1 Å². The van der Waals surface area contributed by atoms with Crippen molar-refractivity contribution in [2.24, 2.45) is 11.1 Å². The van der Waals surface area contributed by atoms with Crippen LogP contribution in [0.25, 0.3) is 0 Å². The highest BCUT2D eigenvalue weighted by molar-refractivity contribution is 5.88. The van der Waals surface area contributed by atoms with Crippen molar-refractivity contribution in [1.29, 1.82) is 0 Å². The standard InChI is InChI=1S/C10H16N2O2/c1-2-12-8(13)7-10(9(11)14)5-3-4-6-10/h3-4H,2,5-7H2,1H3,(H2,11,14)(H,12,13). The highest BCUT2D eigenvalue weighted by atomic mass is 16.2. The minimum atomic E-state index is -0.667. The zero-order valence-corrected chi connectivity index (χ0v) is 8.38. The molecule has 0 spiro atoms. The van der Waals surface area contributed by atoms with Crippen LogP contribution < -0.4 is 11.1 Å². The van der Waals surface area contributed by atoms with E-state index in [1.807, 2.05) is 19.1 Å². The van der Waals surface area contributed by atoms with Crippen LogP contribution in [0.4, 0.5) is 0 Å². The Morgan fingerprint density at radius 3 is 2.43 bits per heavy atom. The van der Waals surface area contributed by atoms with Crippen molar-refractivity contribution < 1.29 is 9.59 Å². The molecule has 2 amide bonds. The highest BCUT2D eigenvalue weighted by Crippen LogP contribution is 2.36. The first-order valence-corrected chi connectivity index (χ1v) is 4.82. The molecule has 0 saturated carbocycles. The minimum Gasteiger partial charge on any atom is -0.369 e. The number of hydrogen-bond donors (Lipinski definition) is 2. The van der Waals surface area contributed by atoms with Gasteiger partial charge in [-0.15, -0.1) is 0 Å². The van der Waals surface area contributed by atoms with Gasteiger partial charge >= 0.3 is 0 Å². The zero-order chi connectivity index (χ0) is 10.6. The SMILES string of the molecule is CCNC(=O)CC1(C(N)=O)CC=CC1. The molecule has 0 fully saturated rings. The lowest BCUT2D eigenvalue weighted by molar-refractivity contribution is -0.133. The molecular formula is C10H16N2O2. The van der Waals surface area contributed by atoms with Crippen molar-refractivity contribution in [3.8, 4) is 0 Å². The molecule has 0 unspecified atom stereocenters. The van der Waals surface area contributed by atoms with E-state index in [9.17, 15) is 9.59 Å². The summed E-state index contributed by atoms with van der Waals surface area (Å²) in [5, 5.41) is 2.68. The number of nitrogens with two attached hydrogens (primary N) is 1. The molecule has 1 rings (SSSR count). The Hall–Kier alpha value is -1.32. The molecule has 0 aromatic carbocycles. The molecular weight excluding hydrogens is 180 g/mol. The summed E-state index contributed by atoms with van der Waals surface area (Å²) in [6.45, 7) is 2.43. The van der Waals surface area contributed by atoms with Crippen molar-refractivity contribution in [1.82, 2.24) is 5.32 Å². The van der Waals surface area contributed by atoms with Gasteiger partial charge in [0.2, 0.25) is 11.8 Å². The fourth-order valence-corrected chi connectivity index (χ4v) is 1.70. The van der Waals surface area contributed by atoms with E-state index in [2.05, 4.69) is 5.32 Å². The number of nitrogens with one attached hydrogen (secondary N) is 1. The van der Waals surface area contributed by atoms with Crippen LogP contribution in [0.5, 0.6) is 0 Å². The largest absolute Gasteiger partial charge is 0.369 e. The van der Waals surface area contributed by atoms with Crippen LogP contribution in [0.3, 0.4) is 0 Å². The van der Waals surface area contributed by atoms with Gasteiger partial charge in [-0.3, -0.25) is 9.59 Å². The maximum absolute atomic E-state index is 11.4. The first kappa shape index (κ1) is 10.8. The van der Waals surface area contributed by atoms with Crippen LogP contribution in [0.1, 0.15) is 26.2 Å². The summed E-state index contributed by atoms with van der Waals surface area (Å²) in [6, 6.07) is 0. The summed E-state index contributed by atoms with van der Waals surface area (Å²) in [4.78, 5) is 22.6. The van der Waals surface area contributed by atoms with Crippen molar-refractivity contribution in [3.63, 3.8) is 0 Å². The summed E-state index contributed by atoms with van der Waals surface area (Å²) >= 11 is 0. The maximum atomic E-state index is 11.4. The molecule has 0 heterocycles. The maximum Gasteiger partial charge on any atom is 0.224 e. The molecule has 14 heavy (non-hydrogen) atoms. The average Bonchev–Trinajstić information content (AvgIpc) is 2.54. The van der Waals surface area contributed by atoms with Gasteiger partial charge in [0.1, 0.15) is 0 Å². The first-order chi connectivity index (χ1) is 6.60. The van der Waals surface area contributed by atoms with Crippen LogP contribution in [0.15, 0.2) is 12.2 Å². The highest BCUT2D eigenvalue weighted by Gasteiger charge is 2.38. The van der Waals surface area contributed by atoms with Crippen molar-refractivity contribution in [2.45, 2.75) is 26.2 Å². The van der Waals surface area contributed by atoms with Crippen LogP contribution in [0, 0.1) is 5.41 Å². The second-order valence-electron chi connectivity index (χ2n) is 3.65. The van der Waals surface area contributed by atoms with E-state index in [-0.39, 0.29) is 18.2 Å². The Bertz CT molecular complexity index is 263. The summed E-state index contributed by atoms with van der Waals surface area (Å²) in [5.41, 5.74) is 4.65. The van der Waals surface area contributed by atoms with Crippen LogP contribution in [-0.4, -0.2) is 18.4 Å². The predicted octanol–water partition coefficient (Wildman–Crippen LogP) is 0.334. The fourth-order valence-electron chi connectivity index (χ4n) is 1.70. The Kier molecular flexibility index (Phi) is 3.28. The molecule has 1 aliphatic rings. The second-order valence-corrected chi connectivity index (χ2v) is 3.65. The van der Waals surface area contributed by atoms with Crippen LogP contribution >= 0.6 is 0 Å². The molecule has 0 aromatic heterocycles. The lowest BCUT2D eigenvalue weighted by atomic mass is 9.81. The summed E-state index contributed by atoms with van der Waals surface area (Å²) in [5.74, 6) is -0.483. The lowest BCUT2D eigenvalue weighted by Gasteiger charge is -2.23. The van der Waals surface area contributed by atoms with E-state index in [4.69, 9.17) is 5.73 Å². The lowest BCUT2D eigenvalue weighted by Crippen LogP contribution is -2.39. The first-order valence-electron chi connectivity index (χ1n) is 4.82. The van der Waals surface area contributed by atoms with Gasteiger partial charge in [0.15, 0.2) is 0 Å². The van der Waals surface area contributed by atoms with E-state index < -0.39 is 5.41 Å². The molecule has 0 aliphatic heterocycles. The molecule has 1 aliphatic carbocycles. The minimum absolute atomic E-state index is 0.102. The average molecular weight is 196 g/mol. The third-order valence-electron chi connectivity index (χ3n) is 2.58. The second kappa shape index (κ2) is 4.26. The molecule has 0 bridgehead atoms. The molecule has 3 N–H and O–H groups in total. The predicted molar refractivity (Wildman–Crippen MR) is 53.3 cm³/mol. The smallest absolute Gasteiger partial charge is 0.224 e. The van der Waals surface area contributed by atoms with Crippen molar-refractivity contribution in [2.75, 3.05) is 6.54 Å². The molecule has 0 atom stereocenters. The van der Waals surface area contributed by atoms with Gasteiger partial charge in [0.05, 0.1) is 5.41 Å². The monoisotopic (exact) mass is 196 g/mol. The number of primary amides is 1. The molecule has 0 radical (unpaired) electrons. The number of carbonyl (C=O) groups is 2. The molecule has 78 valence electrons. The van der Waals surface area contributed by atoms with Crippen molar-refractivity contribution in [3.05, 3.63) is 12.2 Å². The Labute approximate surface area is 83.5 Å². The van der Waals surface area contributed by atoms with E-state index >= 15 is 0 Å². The summed E-state index contributed by atoms with van der Waals surface area (Å²) in [7, 11) is 0. The Balaban J connectivity index is 2.61. The Morgan fingerprint density at radius 2 is 2.00 bits per heavy atom. The van der Waals surface area contributed by atoms with Gasteiger partial charge in [-0.05, 0) is 19.8 Å². The number of allylic oxidation sites excluding steroid dienone is 2. The van der Waals surface area contributed by atoms with Crippen LogP contribution in [-0.2, 0) is 9.59 Å². The van der Waals surface area contributed by atoms with Crippen molar-refractivity contribution >= 4 is 11.8 Å². The Morgan fingerprint density at radius 1 is 1.43 bits per heavy atom. The zero-order valence-electron chi connectivity index (χ0n) is 8.38. The molecule has 0 aromatic rings. The number of carbonyl (C=O) groups excluding carboxylic acids is 2. The summed E-state index contributed by atoms with van der Waals surface area (Å²) < 4.78 is 0. The van der Waals surface area contributed by atoms with Gasteiger partial charge in [-0.25, -0.2) is 0 Å².